The predicted octanol–water partition coefficient (Wildman–Crippen LogP) is 3.39. The first-order valence-corrected chi connectivity index (χ1v) is 5.52. The van der Waals surface area contributed by atoms with E-state index in [0.29, 0.717) is 12.1 Å². The van der Waals surface area contributed by atoms with Crippen LogP contribution in [0.25, 0.3) is 0 Å². The summed E-state index contributed by atoms with van der Waals surface area (Å²) in [7, 11) is 0. The van der Waals surface area contributed by atoms with Gasteiger partial charge < -0.3 is 5.32 Å². The van der Waals surface area contributed by atoms with Crippen molar-refractivity contribution in [3.8, 4) is 0 Å². The lowest BCUT2D eigenvalue weighted by atomic mass is 9.90. The summed E-state index contributed by atoms with van der Waals surface area (Å²) in [5.41, 5.74) is 1.55. The number of alkyl halides is 2. The topological polar surface area (TPSA) is 12.0 Å². The van der Waals surface area contributed by atoms with E-state index < -0.39 is 12.0 Å². The van der Waals surface area contributed by atoms with Crippen molar-refractivity contribution in [3.63, 3.8) is 0 Å². The molecule has 0 aliphatic carbocycles. The van der Waals surface area contributed by atoms with Gasteiger partial charge in [0.15, 0.2) is 0 Å². The Labute approximate surface area is 95.9 Å². The quantitative estimate of drug-likeness (QED) is 0.831. The number of nitrogens with one attached hydrogen (secondary N) is 1. The summed E-state index contributed by atoms with van der Waals surface area (Å²) >= 11 is 0. The van der Waals surface area contributed by atoms with Gasteiger partial charge in [0.2, 0.25) is 0 Å². The van der Waals surface area contributed by atoms with E-state index in [1.54, 1.807) is 13.0 Å². The van der Waals surface area contributed by atoms with Crippen LogP contribution < -0.4 is 5.32 Å². The minimum Gasteiger partial charge on any atom is -0.303 e. The molecule has 0 saturated carbocycles. The predicted molar refractivity (Wildman–Crippen MR) is 62.9 cm³/mol. The van der Waals surface area contributed by atoms with E-state index in [1.165, 1.54) is 0 Å². The highest BCUT2D eigenvalue weighted by Gasteiger charge is 2.35. The average molecular weight is 227 g/mol. The van der Waals surface area contributed by atoms with E-state index >= 15 is 0 Å². The molecule has 0 aliphatic heterocycles. The zero-order chi connectivity index (χ0) is 12.3. The summed E-state index contributed by atoms with van der Waals surface area (Å²) in [4.78, 5) is 0. The Hall–Kier alpha value is -0.960. The lowest BCUT2D eigenvalue weighted by molar-refractivity contribution is 0.0394. The number of halogens is 2. The maximum Gasteiger partial charge on any atom is 0.260 e. The van der Waals surface area contributed by atoms with Crippen molar-refractivity contribution in [1.82, 2.24) is 5.32 Å². The Kier molecular flexibility index (Phi) is 4.03. The van der Waals surface area contributed by atoms with Crippen molar-refractivity contribution in [2.75, 3.05) is 6.54 Å². The minimum absolute atomic E-state index is 0.522. The fourth-order valence-corrected chi connectivity index (χ4v) is 1.74. The van der Waals surface area contributed by atoms with Gasteiger partial charge >= 0.3 is 0 Å². The zero-order valence-electron chi connectivity index (χ0n) is 10.3. The third kappa shape index (κ3) is 2.40. The van der Waals surface area contributed by atoms with Crippen LogP contribution in [-0.4, -0.2) is 13.0 Å². The molecule has 3 heteroatoms. The first-order chi connectivity index (χ1) is 7.41. The van der Waals surface area contributed by atoms with Crippen LogP contribution in [0.3, 0.4) is 0 Å². The fourth-order valence-electron chi connectivity index (χ4n) is 1.74. The smallest absolute Gasteiger partial charge is 0.260 e. The molecule has 1 nitrogen and oxygen atoms in total. The van der Waals surface area contributed by atoms with Crippen LogP contribution >= 0.6 is 0 Å². The summed E-state index contributed by atoms with van der Waals surface area (Å²) in [6.07, 6.45) is -2.42. The summed E-state index contributed by atoms with van der Waals surface area (Å²) < 4.78 is 26.3. The van der Waals surface area contributed by atoms with Gasteiger partial charge in [-0.1, -0.05) is 25.1 Å². The molecule has 1 N–H and O–H groups in total. The summed E-state index contributed by atoms with van der Waals surface area (Å²) in [6, 6.07) is 5.50. The van der Waals surface area contributed by atoms with E-state index in [1.807, 2.05) is 32.9 Å². The second-order valence-corrected chi connectivity index (χ2v) is 4.33. The normalized spacial score (nSPS) is 15.2. The highest BCUT2D eigenvalue weighted by Crippen LogP contribution is 2.29. The van der Waals surface area contributed by atoms with E-state index in [4.69, 9.17) is 0 Å². The molecule has 0 aromatic heterocycles. The average Bonchev–Trinajstić information content (AvgIpc) is 2.22. The van der Waals surface area contributed by atoms with Gasteiger partial charge in [-0.2, -0.15) is 0 Å². The first kappa shape index (κ1) is 13.1. The molecular formula is C13H19F2N. The van der Waals surface area contributed by atoms with Crippen molar-refractivity contribution < 1.29 is 8.78 Å². The van der Waals surface area contributed by atoms with E-state index in [2.05, 4.69) is 5.32 Å². The number of hydrogen-bond acceptors (Lipinski definition) is 1. The Morgan fingerprint density at radius 2 is 1.88 bits per heavy atom. The first-order valence-electron chi connectivity index (χ1n) is 5.52. The van der Waals surface area contributed by atoms with E-state index in [9.17, 15) is 8.78 Å². The van der Waals surface area contributed by atoms with Gasteiger partial charge in [-0.15, -0.1) is 0 Å². The standard InChI is InChI=1S/C13H19F2N/c1-5-16-13(4,12(14)15)11-7-6-9(2)10(3)8-11/h6-8,12,16H,5H2,1-4H3. The Morgan fingerprint density at radius 1 is 1.25 bits per heavy atom. The van der Waals surface area contributed by atoms with Gasteiger partial charge in [0.05, 0.1) is 0 Å². The van der Waals surface area contributed by atoms with Crippen LogP contribution in [-0.2, 0) is 5.54 Å². The fraction of sp³-hybridized carbons (Fsp3) is 0.538. The molecule has 90 valence electrons. The lowest BCUT2D eigenvalue weighted by Crippen LogP contribution is -2.45. The molecule has 0 fully saturated rings. The monoisotopic (exact) mass is 227 g/mol. The lowest BCUT2D eigenvalue weighted by Gasteiger charge is -2.30. The third-order valence-electron chi connectivity index (χ3n) is 3.09. The Balaban J connectivity index is 3.16. The molecule has 0 spiro atoms. The van der Waals surface area contributed by atoms with Gasteiger partial charge in [0.25, 0.3) is 6.43 Å². The van der Waals surface area contributed by atoms with Crippen LogP contribution in [0.4, 0.5) is 8.78 Å². The number of rotatable bonds is 4. The molecule has 0 heterocycles. The van der Waals surface area contributed by atoms with Crippen molar-refractivity contribution in [2.24, 2.45) is 0 Å². The van der Waals surface area contributed by atoms with Gasteiger partial charge in [-0.25, -0.2) is 8.78 Å². The molecule has 16 heavy (non-hydrogen) atoms. The summed E-state index contributed by atoms with van der Waals surface area (Å²) in [5.74, 6) is 0. The summed E-state index contributed by atoms with van der Waals surface area (Å²) in [5, 5.41) is 2.87. The van der Waals surface area contributed by atoms with E-state index in [-0.39, 0.29) is 0 Å². The second kappa shape index (κ2) is 4.91. The Morgan fingerprint density at radius 3 is 2.31 bits per heavy atom. The number of aryl methyl sites for hydroxylation is 2. The number of hydrogen-bond donors (Lipinski definition) is 1. The minimum atomic E-state index is -2.42. The van der Waals surface area contributed by atoms with Crippen molar-refractivity contribution in [2.45, 2.75) is 39.7 Å². The van der Waals surface area contributed by atoms with Crippen LogP contribution in [0, 0.1) is 13.8 Å². The molecular weight excluding hydrogens is 208 g/mol. The van der Waals surface area contributed by atoms with Gasteiger partial charge in [-0.3, -0.25) is 0 Å². The van der Waals surface area contributed by atoms with Gasteiger partial charge in [0.1, 0.15) is 5.54 Å². The van der Waals surface area contributed by atoms with Crippen LogP contribution in [0.15, 0.2) is 18.2 Å². The molecule has 1 rings (SSSR count). The van der Waals surface area contributed by atoms with Crippen LogP contribution in [0.1, 0.15) is 30.5 Å². The van der Waals surface area contributed by atoms with Crippen LogP contribution in [0.2, 0.25) is 0 Å². The Bertz CT molecular complexity index is 363. The maximum absolute atomic E-state index is 13.1. The third-order valence-corrected chi connectivity index (χ3v) is 3.09. The highest BCUT2D eigenvalue weighted by molar-refractivity contribution is 5.34. The second-order valence-electron chi connectivity index (χ2n) is 4.33. The highest BCUT2D eigenvalue weighted by atomic mass is 19.3. The molecule has 0 amide bonds. The van der Waals surface area contributed by atoms with Crippen molar-refractivity contribution in [1.29, 1.82) is 0 Å². The number of benzene rings is 1. The largest absolute Gasteiger partial charge is 0.303 e. The van der Waals surface area contributed by atoms with Gasteiger partial charge in [-0.05, 0) is 44.0 Å². The summed E-state index contributed by atoms with van der Waals surface area (Å²) in [6.45, 7) is 7.82. The molecule has 1 aromatic rings. The molecule has 1 atom stereocenters. The molecule has 0 radical (unpaired) electrons. The van der Waals surface area contributed by atoms with Gasteiger partial charge in [0, 0.05) is 0 Å². The van der Waals surface area contributed by atoms with Crippen LogP contribution in [0.5, 0.6) is 0 Å². The maximum atomic E-state index is 13.1. The molecule has 0 bridgehead atoms. The van der Waals surface area contributed by atoms with E-state index in [0.717, 1.165) is 11.1 Å². The SMILES string of the molecule is CCNC(C)(c1ccc(C)c(C)c1)C(F)F. The molecule has 1 unspecified atom stereocenters. The zero-order valence-corrected chi connectivity index (χ0v) is 10.3. The van der Waals surface area contributed by atoms with Crippen molar-refractivity contribution in [3.05, 3.63) is 34.9 Å². The van der Waals surface area contributed by atoms with Crippen molar-refractivity contribution >= 4 is 0 Å². The molecule has 1 aromatic carbocycles. The molecule has 0 aliphatic rings. The molecule has 0 saturated heterocycles.